The Labute approximate surface area is 175 Å². The minimum absolute atomic E-state index is 0.0252. The lowest BCUT2D eigenvalue weighted by molar-refractivity contribution is -0.120. The molecule has 0 atom stereocenters. The second-order valence-corrected chi connectivity index (χ2v) is 7.67. The summed E-state index contributed by atoms with van der Waals surface area (Å²) in [4.78, 5) is 32.7. The number of likely N-dealkylation sites (tertiary alicyclic amines) is 1. The molecule has 0 unspecified atom stereocenters. The Hall–Kier alpha value is -3.19. The Morgan fingerprint density at radius 2 is 1.77 bits per heavy atom. The SMILES string of the molecule is NC(=O)CCN(C(=O)CN1CCC(c2nc3ccccc3o2)CC1)c1ccccc1. The molecule has 4 rings (SSSR count). The molecular formula is C23H26N4O3. The Balaban J connectivity index is 1.36. The molecule has 0 radical (unpaired) electrons. The molecule has 1 aliphatic heterocycles. The predicted octanol–water partition coefficient (Wildman–Crippen LogP) is 2.92. The molecule has 0 spiro atoms. The Bertz CT molecular complexity index is 976. The second kappa shape index (κ2) is 9.09. The highest BCUT2D eigenvalue weighted by molar-refractivity contribution is 5.95. The van der Waals surface area contributed by atoms with Crippen molar-refractivity contribution in [2.45, 2.75) is 25.2 Å². The highest BCUT2D eigenvalue weighted by Gasteiger charge is 2.27. The second-order valence-electron chi connectivity index (χ2n) is 7.67. The standard InChI is InChI=1S/C23H26N4O3/c24-21(28)12-15-27(18-6-2-1-3-7-18)22(29)16-26-13-10-17(11-14-26)23-25-19-8-4-5-9-20(19)30-23/h1-9,17H,10-16H2,(H2,24,28). The fourth-order valence-electron chi connectivity index (χ4n) is 3.91. The van der Waals surface area contributed by atoms with E-state index in [1.165, 1.54) is 0 Å². The molecule has 0 aliphatic carbocycles. The van der Waals surface area contributed by atoms with E-state index in [1.54, 1.807) is 4.90 Å². The zero-order valence-electron chi connectivity index (χ0n) is 16.9. The molecule has 2 amide bonds. The van der Waals surface area contributed by atoms with E-state index in [1.807, 2.05) is 54.6 Å². The fourth-order valence-corrected chi connectivity index (χ4v) is 3.91. The highest BCUT2D eigenvalue weighted by Crippen LogP contribution is 2.30. The van der Waals surface area contributed by atoms with E-state index >= 15 is 0 Å². The molecule has 7 nitrogen and oxygen atoms in total. The Morgan fingerprint density at radius 1 is 1.07 bits per heavy atom. The molecule has 30 heavy (non-hydrogen) atoms. The van der Waals surface area contributed by atoms with Crippen molar-refractivity contribution in [3.8, 4) is 0 Å². The van der Waals surface area contributed by atoms with E-state index in [4.69, 9.17) is 10.2 Å². The van der Waals surface area contributed by atoms with Gasteiger partial charge in [0.2, 0.25) is 11.8 Å². The van der Waals surface area contributed by atoms with Crippen LogP contribution in [0.4, 0.5) is 5.69 Å². The number of amides is 2. The first kappa shape index (κ1) is 20.1. The summed E-state index contributed by atoms with van der Waals surface area (Å²) in [7, 11) is 0. The van der Waals surface area contributed by atoms with Crippen molar-refractivity contribution in [2.75, 3.05) is 31.1 Å². The zero-order valence-corrected chi connectivity index (χ0v) is 16.9. The maximum Gasteiger partial charge on any atom is 0.241 e. The van der Waals surface area contributed by atoms with Crippen LogP contribution < -0.4 is 10.6 Å². The quantitative estimate of drug-likeness (QED) is 0.651. The minimum Gasteiger partial charge on any atom is -0.440 e. The van der Waals surface area contributed by atoms with Gasteiger partial charge in [0, 0.05) is 24.6 Å². The van der Waals surface area contributed by atoms with Crippen LogP contribution in [0.15, 0.2) is 59.0 Å². The van der Waals surface area contributed by atoms with E-state index in [-0.39, 0.29) is 24.8 Å². The van der Waals surface area contributed by atoms with Gasteiger partial charge in [-0.1, -0.05) is 30.3 Å². The molecule has 1 saturated heterocycles. The predicted molar refractivity (Wildman–Crippen MR) is 115 cm³/mol. The monoisotopic (exact) mass is 406 g/mol. The molecular weight excluding hydrogens is 380 g/mol. The van der Waals surface area contributed by atoms with E-state index < -0.39 is 5.91 Å². The summed E-state index contributed by atoms with van der Waals surface area (Å²) in [6, 6.07) is 17.2. The zero-order chi connectivity index (χ0) is 20.9. The number of nitrogens with zero attached hydrogens (tertiary/aromatic N) is 3. The molecule has 0 saturated carbocycles. The molecule has 1 aliphatic rings. The number of rotatable bonds is 7. The summed E-state index contributed by atoms with van der Waals surface area (Å²) in [5.74, 6) is 0.615. The van der Waals surface area contributed by atoms with Crippen molar-refractivity contribution in [1.82, 2.24) is 9.88 Å². The van der Waals surface area contributed by atoms with E-state index in [0.717, 1.165) is 48.6 Å². The number of hydrogen-bond donors (Lipinski definition) is 1. The normalized spacial score (nSPS) is 15.3. The van der Waals surface area contributed by atoms with Gasteiger partial charge in [-0.25, -0.2) is 4.98 Å². The molecule has 7 heteroatoms. The van der Waals surface area contributed by atoms with Crippen molar-refractivity contribution < 1.29 is 14.0 Å². The third-order valence-electron chi connectivity index (χ3n) is 5.56. The van der Waals surface area contributed by atoms with E-state index in [0.29, 0.717) is 6.54 Å². The number of benzene rings is 2. The number of primary amides is 1. The van der Waals surface area contributed by atoms with Crippen molar-refractivity contribution in [1.29, 1.82) is 0 Å². The Morgan fingerprint density at radius 3 is 2.47 bits per heavy atom. The summed E-state index contributed by atoms with van der Waals surface area (Å²) < 4.78 is 5.93. The number of carbonyl (C=O) groups is 2. The topological polar surface area (TPSA) is 92.7 Å². The van der Waals surface area contributed by atoms with Gasteiger partial charge < -0.3 is 15.1 Å². The molecule has 2 N–H and O–H groups in total. The average Bonchev–Trinajstić information content (AvgIpc) is 3.19. The number of nitrogens with two attached hydrogens (primary N) is 1. The smallest absolute Gasteiger partial charge is 0.241 e. The number of piperidine rings is 1. The first-order valence-electron chi connectivity index (χ1n) is 10.3. The van der Waals surface area contributed by atoms with E-state index in [2.05, 4.69) is 9.88 Å². The van der Waals surface area contributed by atoms with E-state index in [9.17, 15) is 9.59 Å². The van der Waals surface area contributed by atoms with Crippen LogP contribution in [0.25, 0.3) is 11.1 Å². The molecule has 3 aromatic rings. The number of anilines is 1. The minimum atomic E-state index is -0.414. The summed E-state index contributed by atoms with van der Waals surface area (Å²) in [6.45, 7) is 2.20. The van der Waals surface area contributed by atoms with Gasteiger partial charge >= 0.3 is 0 Å². The fraction of sp³-hybridized carbons (Fsp3) is 0.348. The third-order valence-corrected chi connectivity index (χ3v) is 5.56. The number of oxazole rings is 1. The van der Waals surface area contributed by atoms with Crippen LogP contribution in [-0.4, -0.2) is 47.9 Å². The maximum absolute atomic E-state index is 13.0. The van der Waals surface area contributed by atoms with Gasteiger partial charge in [-0.15, -0.1) is 0 Å². The number of aromatic nitrogens is 1. The van der Waals surface area contributed by atoms with Crippen LogP contribution in [-0.2, 0) is 9.59 Å². The molecule has 156 valence electrons. The maximum atomic E-state index is 13.0. The lowest BCUT2D eigenvalue weighted by atomic mass is 9.97. The van der Waals surface area contributed by atoms with Gasteiger partial charge in [-0.2, -0.15) is 0 Å². The van der Waals surface area contributed by atoms with Crippen LogP contribution in [0, 0.1) is 0 Å². The number of para-hydroxylation sites is 3. The van der Waals surface area contributed by atoms with Crippen LogP contribution in [0.2, 0.25) is 0 Å². The highest BCUT2D eigenvalue weighted by atomic mass is 16.3. The summed E-state index contributed by atoms with van der Waals surface area (Å²) in [5.41, 5.74) is 7.79. The molecule has 2 aromatic carbocycles. The van der Waals surface area contributed by atoms with Gasteiger partial charge in [0.15, 0.2) is 11.5 Å². The van der Waals surface area contributed by atoms with Gasteiger partial charge in [0.25, 0.3) is 0 Å². The molecule has 1 aromatic heterocycles. The van der Waals surface area contributed by atoms with Crippen molar-refractivity contribution in [3.63, 3.8) is 0 Å². The molecule has 0 bridgehead atoms. The van der Waals surface area contributed by atoms with Gasteiger partial charge in [-0.3, -0.25) is 14.5 Å². The van der Waals surface area contributed by atoms with Crippen molar-refractivity contribution in [3.05, 3.63) is 60.5 Å². The lowest BCUT2D eigenvalue weighted by Gasteiger charge is -2.32. The first-order chi connectivity index (χ1) is 14.6. The first-order valence-corrected chi connectivity index (χ1v) is 10.3. The molecule has 2 heterocycles. The summed E-state index contributed by atoms with van der Waals surface area (Å²) >= 11 is 0. The van der Waals surface area contributed by atoms with Crippen molar-refractivity contribution in [2.24, 2.45) is 5.73 Å². The van der Waals surface area contributed by atoms with Crippen LogP contribution in [0.3, 0.4) is 0 Å². The van der Waals surface area contributed by atoms with Crippen molar-refractivity contribution >= 4 is 28.6 Å². The van der Waals surface area contributed by atoms with Crippen LogP contribution in [0.5, 0.6) is 0 Å². The summed E-state index contributed by atoms with van der Waals surface area (Å²) in [5, 5.41) is 0. The van der Waals surface area contributed by atoms with Gasteiger partial charge in [0.1, 0.15) is 5.52 Å². The number of carbonyl (C=O) groups excluding carboxylic acids is 2. The Kier molecular flexibility index (Phi) is 6.09. The van der Waals surface area contributed by atoms with Gasteiger partial charge in [-0.05, 0) is 50.2 Å². The third kappa shape index (κ3) is 4.68. The lowest BCUT2D eigenvalue weighted by Crippen LogP contribution is -2.44. The molecule has 1 fully saturated rings. The van der Waals surface area contributed by atoms with Gasteiger partial charge in [0.05, 0.1) is 6.54 Å². The summed E-state index contributed by atoms with van der Waals surface area (Å²) in [6.07, 6.45) is 1.93. The van der Waals surface area contributed by atoms with Crippen LogP contribution in [0.1, 0.15) is 31.1 Å². The largest absolute Gasteiger partial charge is 0.440 e. The average molecular weight is 406 g/mol. The van der Waals surface area contributed by atoms with Crippen LogP contribution >= 0.6 is 0 Å². The number of fused-ring (bicyclic) bond motifs is 1. The number of hydrogen-bond acceptors (Lipinski definition) is 5.